The maximum atomic E-state index is 13.1. The fourth-order valence-electron chi connectivity index (χ4n) is 3.20. The number of benzene rings is 3. The van der Waals surface area contributed by atoms with E-state index in [1.807, 2.05) is 24.3 Å². The van der Waals surface area contributed by atoms with Crippen LogP contribution >= 0.6 is 27.7 Å². The predicted octanol–water partition coefficient (Wildman–Crippen LogP) is 6.41. The standard InChI is InChI=1S/C25H19BrFNO4S/c1-31-21-11-6-18(12-22(21)32-15-17-2-7-19(26)8-3-17)13-23-24(29)28(25(30)33-23)14-16-4-9-20(27)10-5-16/h2-13H,14-15H2,1H3/b23-13-. The van der Waals surface area contributed by atoms with E-state index in [9.17, 15) is 14.0 Å². The van der Waals surface area contributed by atoms with E-state index < -0.39 is 0 Å². The molecule has 33 heavy (non-hydrogen) atoms. The highest BCUT2D eigenvalue weighted by Crippen LogP contribution is 2.35. The summed E-state index contributed by atoms with van der Waals surface area (Å²) < 4.78 is 25.5. The average Bonchev–Trinajstić information content (AvgIpc) is 3.07. The van der Waals surface area contributed by atoms with Crippen molar-refractivity contribution < 1.29 is 23.5 Å². The van der Waals surface area contributed by atoms with Gasteiger partial charge in [-0.2, -0.15) is 0 Å². The minimum absolute atomic E-state index is 0.0897. The Hall–Kier alpha value is -3.10. The van der Waals surface area contributed by atoms with Crippen LogP contribution in [0.4, 0.5) is 9.18 Å². The molecule has 1 aliphatic rings. The molecule has 5 nitrogen and oxygen atoms in total. The van der Waals surface area contributed by atoms with Crippen molar-refractivity contribution in [2.45, 2.75) is 13.2 Å². The maximum absolute atomic E-state index is 13.1. The van der Waals surface area contributed by atoms with Crippen molar-refractivity contribution in [1.29, 1.82) is 0 Å². The van der Waals surface area contributed by atoms with Crippen molar-refractivity contribution in [1.82, 2.24) is 4.90 Å². The molecule has 3 aromatic rings. The third-order valence-electron chi connectivity index (χ3n) is 4.92. The van der Waals surface area contributed by atoms with Gasteiger partial charge in [-0.25, -0.2) is 4.39 Å². The number of nitrogens with zero attached hydrogens (tertiary/aromatic N) is 1. The molecule has 0 radical (unpaired) electrons. The van der Waals surface area contributed by atoms with Gasteiger partial charge in [-0.05, 0) is 70.9 Å². The van der Waals surface area contributed by atoms with Crippen LogP contribution in [0.1, 0.15) is 16.7 Å². The van der Waals surface area contributed by atoms with Gasteiger partial charge in [0.25, 0.3) is 11.1 Å². The van der Waals surface area contributed by atoms with E-state index >= 15 is 0 Å². The van der Waals surface area contributed by atoms with Gasteiger partial charge in [0.05, 0.1) is 18.6 Å². The lowest BCUT2D eigenvalue weighted by Crippen LogP contribution is -2.27. The summed E-state index contributed by atoms with van der Waals surface area (Å²) >= 11 is 4.28. The van der Waals surface area contributed by atoms with Gasteiger partial charge in [0.2, 0.25) is 0 Å². The Labute approximate surface area is 203 Å². The second kappa shape index (κ2) is 10.2. The fraction of sp³-hybridized carbons (Fsp3) is 0.120. The van der Waals surface area contributed by atoms with Gasteiger partial charge in [-0.3, -0.25) is 14.5 Å². The Bertz CT molecular complexity index is 1210. The van der Waals surface area contributed by atoms with Crippen LogP contribution in [0.2, 0.25) is 0 Å². The van der Waals surface area contributed by atoms with Crippen LogP contribution in [0.5, 0.6) is 11.5 Å². The number of hydrogen-bond donors (Lipinski definition) is 0. The van der Waals surface area contributed by atoms with E-state index in [-0.39, 0.29) is 23.5 Å². The Kier molecular flexibility index (Phi) is 7.15. The van der Waals surface area contributed by atoms with Crippen LogP contribution in [0, 0.1) is 5.82 Å². The van der Waals surface area contributed by atoms with Crippen LogP contribution in [0.3, 0.4) is 0 Å². The first-order valence-electron chi connectivity index (χ1n) is 9.98. The van der Waals surface area contributed by atoms with E-state index in [0.717, 1.165) is 26.7 Å². The summed E-state index contributed by atoms with van der Waals surface area (Å²) in [5.41, 5.74) is 2.37. The molecule has 1 fully saturated rings. The van der Waals surface area contributed by atoms with E-state index in [4.69, 9.17) is 9.47 Å². The molecular weight excluding hydrogens is 509 g/mol. The van der Waals surface area contributed by atoms with Gasteiger partial charge in [-0.1, -0.05) is 46.3 Å². The third-order valence-corrected chi connectivity index (χ3v) is 6.36. The van der Waals surface area contributed by atoms with Gasteiger partial charge in [0.1, 0.15) is 12.4 Å². The maximum Gasteiger partial charge on any atom is 0.293 e. The molecule has 1 saturated heterocycles. The Morgan fingerprint density at radius 3 is 2.36 bits per heavy atom. The number of imide groups is 1. The molecule has 0 atom stereocenters. The molecule has 0 bridgehead atoms. The second-order valence-electron chi connectivity index (χ2n) is 7.22. The average molecular weight is 528 g/mol. The van der Waals surface area contributed by atoms with Crippen molar-refractivity contribution >= 4 is 44.9 Å². The smallest absolute Gasteiger partial charge is 0.293 e. The Morgan fingerprint density at radius 1 is 0.970 bits per heavy atom. The molecule has 1 aliphatic heterocycles. The molecule has 8 heteroatoms. The zero-order chi connectivity index (χ0) is 23.4. The lowest BCUT2D eigenvalue weighted by atomic mass is 10.1. The molecular formula is C25H19BrFNO4S. The minimum atomic E-state index is -0.387. The fourth-order valence-corrected chi connectivity index (χ4v) is 4.30. The highest BCUT2D eigenvalue weighted by Gasteiger charge is 2.35. The number of ether oxygens (including phenoxy) is 2. The van der Waals surface area contributed by atoms with E-state index in [2.05, 4.69) is 15.9 Å². The molecule has 168 valence electrons. The second-order valence-corrected chi connectivity index (χ2v) is 9.13. The molecule has 0 unspecified atom stereocenters. The summed E-state index contributed by atoms with van der Waals surface area (Å²) in [6, 6.07) is 18.8. The van der Waals surface area contributed by atoms with Crippen LogP contribution in [-0.2, 0) is 17.9 Å². The third kappa shape index (κ3) is 5.64. The molecule has 1 heterocycles. The number of carbonyl (C=O) groups excluding carboxylic acids is 2. The monoisotopic (exact) mass is 527 g/mol. The van der Waals surface area contributed by atoms with Gasteiger partial charge in [-0.15, -0.1) is 0 Å². The minimum Gasteiger partial charge on any atom is -0.493 e. The molecule has 3 aromatic carbocycles. The van der Waals surface area contributed by atoms with Crippen LogP contribution < -0.4 is 9.47 Å². The van der Waals surface area contributed by atoms with Crippen molar-refractivity contribution in [3.8, 4) is 11.5 Å². The summed E-state index contributed by atoms with van der Waals surface area (Å²) in [5.74, 6) is 0.335. The van der Waals surface area contributed by atoms with Gasteiger partial charge in [0.15, 0.2) is 11.5 Å². The number of rotatable bonds is 7. The van der Waals surface area contributed by atoms with E-state index in [1.165, 1.54) is 12.1 Å². The SMILES string of the molecule is COc1ccc(/C=C2\SC(=O)N(Cc3ccc(F)cc3)C2=O)cc1OCc1ccc(Br)cc1. The first-order valence-corrected chi connectivity index (χ1v) is 11.6. The first kappa shape index (κ1) is 23.1. The Balaban J connectivity index is 1.51. The lowest BCUT2D eigenvalue weighted by molar-refractivity contribution is -0.123. The van der Waals surface area contributed by atoms with Crippen LogP contribution in [-0.4, -0.2) is 23.2 Å². The topological polar surface area (TPSA) is 55.8 Å². The molecule has 4 rings (SSSR count). The largest absolute Gasteiger partial charge is 0.493 e. The quantitative estimate of drug-likeness (QED) is 0.332. The van der Waals surface area contributed by atoms with Crippen molar-refractivity contribution in [3.63, 3.8) is 0 Å². The summed E-state index contributed by atoms with van der Waals surface area (Å²) in [7, 11) is 1.56. The molecule has 0 aliphatic carbocycles. The highest BCUT2D eigenvalue weighted by molar-refractivity contribution is 9.10. The molecule has 0 spiro atoms. The number of methoxy groups -OCH3 is 1. The van der Waals surface area contributed by atoms with Crippen LogP contribution in [0.25, 0.3) is 6.08 Å². The van der Waals surface area contributed by atoms with Gasteiger partial charge in [0, 0.05) is 4.47 Å². The Morgan fingerprint density at radius 2 is 1.67 bits per heavy atom. The summed E-state index contributed by atoms with van der Waals surface area (Å²) in [6.45, 7) is 0.438. The summed E-state index contributed by atoms with van der Waals surface area (Å²) in [5, 5.41) is -0.365. The summed E-state index contributed by atoms with van der Waals surface area (Å²) in [4.78, 5) is 26.7. The molecule has 0 aromatic heterocycles. The number of carbonyl (C=O) groups is 2. The zero-order valence-electron chi connectivity index (χ0n) is 17.6. The van der Waals surface area contributed by atoms with Gasteiger partial charge < -0.3 is 9.47 Å². The normalized spacial score (nSPS) is 14.8. The van der Waals surface area contributed by atoms with E-state index in [1.54, 1.807) is 43.5 Å². The van der Waals surface area contributed by atoms with Crippen molar-refractivity contribution in [2.75, 3.05) is 7.11 Å². The number of halogens is 2. The number of amides is 2. The molecule has 2 amide bonds. The molecule has 0 N–H and O–H groups in total. The van der Waals surface area contributed by atoms with E-state index in [0.29, 0.717) is 34.1 Å². The first-order chi connectivity index (χ1) is 15.9. The van der Waals surface area contributed by atoms with Crippen molar-refractivity contribution in [3.05, 3.63) is 98.6 Å². The predicted molar refractivity (Wildman–Crippen MR) is 129 cm³/mol. The highest BCUT2D eigenvalue weighted by atomic mass is 79.9. The van der Waals surface area contributed by atoms with Gasteiger partial charge >= 0.3 is 0 Å². The zero-order valence-corrected chi connectivity index (χ0v) is 20.0. The lowest BCUT2D eigenvalue weighted by Gasteiger charge is -2.12. The number of hydrogen-bond acceptors (Lipinski definition) is 5. The molecule has 0 saturated carbocycles. The van der Waals surface area contributed by atoms with Crippen LogP contribution in [0.15, 0.2) is 76.1 Å². The number of thioether (sulfide) groups is 1. The van der Waals surface area contributed by atoms with Crippen molar-refractivity contribution in [2.24, 2.45) is 0 Å². The summed E-state index contributed by atoms with van der Waals surface area (Å²) in [6.07, 6.45) is 1.65.